The average molecular weight is 585 g/mol. The van der Waals surface area contributed by atoms with Crippen LogP contribution in [0, 0.1) is 17.8 Å². The smallest absolute Gasteiger partial charge is 0.244 e. The number of carbonyl (C=O) groups excluding carboxylic acids is 3. The molecule has 0 spiro atoms. The molecule has 9 nitrogen and oxygen atoms in total. The van der Waals surface area contributed by atoms with Crippen LogP contribution in [0.3, 0.4) is 0 Å². The Kier molecular flexibility index (Phi) is 13.1. The molecule has 3 rings (SSSR count). The predicted octanol–water partition coefficient (Wildman–Crippen LogP) is 3.20. The van der Waals surface area contributed by atoms with Crippen LogP contribution in [-0.2, 0) is 40.3 Å². The topological polar surface area (TPSA) is 115 Å². The van der Waals surface area contributed by atoms with Gasteiger partial charge in [0.15, 0.2) is 0 Å². The van der Waals surface area contributed by atoms with Gasteiger partial charge < -0.3 is 26.2 Å². The van der Waals surface area contributed by atoms with Crippen molar-refractivity contribution in [2.24, 2.45) is 10.4 Å². The molecule has 0 bridgehead atoms. The number of anilines is 1. The third kappa shape index (κ3) is 10.2. The maximum absolute atomic E-state index is 13.9. The van der Waals surface area contributed by atoms with E-state index >= 15 is 0 Å². The summed E-state index contributed by atoms with van der Waals surface area (Å²) in [4.78, 5) is 45.7. The fraction of sp³-hybridized carbons (Fsp3) is 0.412. The first kappa shape index (κ1) is 33.2. The molecule has 0 aliphatic carbocycles. The number of carbonyl (C=O) groups is 3. The van der Waals surface area contributed by atoms with Crippen molar-refractivity contribution in [3.8, 4) is 12.3 Å². The predicted molar refractivity (Wildman–Crippen MR) is 172 cm³/mol. The number of nitrogens with zero attached hydrogens (tertiary/aromatic N) is 2. The Morgan fingerprint density at radius 2 is 1.81 bits per heavy atom. The minimum Gasteiger partial charge on any atom is -0.337 e. The third-order valence-electron chi connectivity index (χ3n) is 7.67. The van der Waals surface area contributed by atoms with Crippen molar-refractivity contribution in [1.82, 2.24) is 20.9 Å². The van der Waals surface area contributed by atoms with Gasteiger partial charge in [-0.15, -0.1) is 6.42 Å². The van der Waals surface area contributed by atoms with Gasteiger partial charge in [-0.05, 0) is 85.9 Å². The van der Waals surface area contributed by atoms with Crippen LogP contribution >= 0.6 is 0 Å². The Morgan fingerprint density at radius 1 is 1.07 bits per heavy atom. The number of benzene rings is 2. The molecule has 0 atom stereocenters. The maximum Gasteiger partial charge on any atom is 0.244 e. The summed E-state index contributed by atoms with van der Waals surface area (Å²) in [5.74, 6) is 1.89. The van der Waals surface area contributed by atoms with Gasteiger partial charge in [0.25, 0.3) is 0 Å². The number of allylic oxidation sites excluding steroid dienone is 2. The Balaban J connectivity index is 1.74. The molecule has 4 N–H and O–H groups in total. The van der Waals surface area contributed by atoms with Gasteiger partial charge in [-0.25, -0.2) is 0 Å². The van der Waals surface area contributed by atoms with Crippen LogP contribution in [0.25, 0.3) is 0 Å². The minimum atomic E-state index is -0.533. The summed E-state index contributed by atoms with van der Waals surface area (Å²) in [7, 11) is 1.89. The second-order valence-electron chi connectivity index (χ2n) is 10.9. The summed E-state index contributed by atoms with van der Waals surface area (Å²) in [5, 5.41) is 12.2. The molecule has 0 saturated carbocycles. The van der Waals surface area contributed by atoms with Crippen molar-refractivity contribution in [2.75, 3.05) is 38.7 Å². The number of rotatable bonds is 14. The molecule has 1 aliphatic rings. The molecular weight excluding hydrogens is 540 g/mol. The van der Waals surface area contributed by atoms with E-state index in [9.17, 15) is 14.4 Å². The van der Waals surface area contributed by atoms with Crippen LogP contribution < -0.4 is 21.3 Å². The van der Waals surface area contributed by atoms with E-state index in [1.54, 1.807) is 11.0 Å². The van der Waals surface area contributed by atoms with Crippen molar-refractivity contribution in [3.05, 3.63) is 76.9 Å². The van der Waals surface area contributed by atoms with Gasteiger partial charge >= 0.3 is 0 Å². The Hall–Kier alpha value is -4.26. The maximum atomic E-state index is 13.9. The van der Waals surface area contributed by atoms with Crippen LogP contribution in [0.1, 0.15) is 48.9 Å². The van der Waals surface area contributed by atoms with E-state index in [0.717, 1.165) is 54.6 Å². The molecule has 0 aromatic heterocycles. The number of aryl methyl sites for hydroxylation is 1. The quantitative estimate of drug-likeness (QED) is 0.201. The van der Waals surface area contributed by atoms with E-state index in [4.69, 9.17) is 6.42 Å². The largest absolute Gasteiger partial charge is 0.337 e. The summed E-state index contributed by atoms with van der Waals surface area (Å²) in [5.41, 5.74) is 3.99. The highest BCUT2D eigenvalue weighted by Gasteiger charge is 2.38. The lowest BCUT2D eigenvalue weighted by molar-refractivity contribution is -0.145. The van der Waals surface area contributed by atoms with Crippen molar-refractivity contribution in [2.45, 2.75) is 52.6 Å². The monoisotopic (exact) mass is 584 g/mol. The molecule has 2 aromatic carbocycles. The molecule has 0 unspecified atom stereocenters. The number of aliphatic imine (C=N–C) groups is 1. The molecule has 228 valence electrons. The van der Waals surface area contributed by atoms with Crippen LogP contribution in [0.4, 0.5) is 5.69 Å². The number of piperidine rings is 1. The van der Waals surface area contributed by atoms with E-state index < -0.39 is 5.41 Å². The lowest BCUT2D eigenvalue weighted by Crippen LogP contribution is -2.49. The van der Waals surface area contributed by atoms with Gasteiger partial charge in [0, 0.05) is 30.4 Å². The summed E-state index contributed by atoms with van der Waals surface area (Å²) in [6, 6.07) is 13.6. The second-order valence-corrected chi connectivity index (χ2v) is 10.9. The highest BCUT2D eigenvalue weighted by Crippen LogP contribution is 2.31. The second kappa shape index (κ2) is 17.0. The molecule has 1 saturated heterocycles. The highest BCUT2D eigenvalue weighted by atomic mass is 16.2. The van der Waals surface area contributed by atoms with Gasteiger partial charge in [0.05, 0.1) is 6.42 Å². The normalized spacial score (nSPS) is 14.4. The summed E-state index contributed by atoms with van der Waals surface area (Å²) < 4.78 is 0. The lowest BCUT2D eigenvalue weighted by Gasteiger charge is -2.37. The van der Waals surface area contributed by atoms with E-state index in [1.165, 1.54) is 12.3 Å². The fourth-order valence-corrected chi connectivity index (χ4v) is 5.22. The molecule has 1 heterocycles. The zero-order valence-electron chi connectivity index (χ0n) is 25.5. The van der Waals surface area contributed by atoms with Gasteiger partial charge in [-0.3, -0.25) is 19.4 Å². The first-order chi connectivity index (χ1) is 20.8. The van der Waals surface area contributed by atoms with Gasteiger partial charge in [0.1, 0.15) is 13.2 Å². The molecule has 3 amide bonds. The molecule has 0 radical (unpaired) electrons. The standard InChI is InChI=1S/C34H44N6O3/c1-5-7-10-17-37-25-38-31(41)21-29-20-30(14-13-26(29)6-2)39-32(42)24-40(33(43)34(3)15-18-36-19-16-34)23-28-12-9-8-11-27(28)22-35-4/h1,7-14,17,20,35-36H,6,15-16,18-19,21-25H2,2-4H3,(H,38,41)(H,39,42)/b10-7-,37-17-. The average Bonchev–Trinajstić information content (AvgIpc) is 3.00. The van der Waals surface area contributed by atoms with Crippen molar-refractivity contribution >= 4 is 29.6 Å². The van der Waals surface area contributed by atoms with Crippen molar-refractivity contribution in [3.63, 3.8) is 0 Å². The number of hydrogen-bond donors (Lipinski definition) is 4. The lowest BCUT2D eigenvalue weighted by atomic mass is 9.79. The fourth-order valence-electron chi connectivity index (χ4n) is 5.22. The van der Waals surface area contributed by atoms with E-state index in [0.29, 0.717) is 18.8 Å². The zero-order chi connectivity index (χ0) is 31.1. The van der Waals surface area contributed by atoms with Crippen LogP contribution in [0.15, 0.2) is 59.6 Å². The molecule has 1 aliphatic heterocycles. The molecule has 43 heavy (non-hydrogen) atoms. The first-order valence-electron chi connectivity index (χ1n) is 14.8. The number of amides is 3. The van der Waals surface area contributed by atoms with E-state index in [1.807, 2.05) is 63.4 Å². The highest BCUT2D eigenvalue weighted by molar-refractivity contribution is 5.95. The molecule has 2 aromatic rings. The summed E-state index contributed by atoms with van der Waals surface area (Å²) >= 11 is 0. The summed E-state index contributed by atoms with van der Waals surface area (Å²) in [6.07, 6.45) is 12.2. The Labute approximate surface area is 255 Å². The van der Waals surface area contributed by atoms with E-state index in [-0.39, 0.29) is 37.4 Å². The van der Waals surface area contributed by atoms with E-state index in [2.05, 4.69) is 32.2 Å². The van der Waals surface area contributed by atoms with Crippen molar-refractivity contribution in [1.29, 1.82) is 0 Å². The Morgan fingerprint density at radius 3 is 2.51 bits per heavy atom. The van der Waals surface area contributed by atoms with Crippen molar-refractivity contribution < 1.29 is 14.4 Å². The number of terminal acetylenes is 1. The molecule has 9 heteroatoms. The summed E-state index contributed by atoms with van der Waals surface area (Å²) in [6.45, 7) is 6.64. The van der Waals surface area contributed by atoms with Gasteiger partial charge in [-0.2, -0.15) is 0 Å². The van der Waals surface area contributed by atoms with Crippen LogP contribution in [0.2, 0.25) is 0 Å². The third-order valence-corrected chi connectivity index (χ3v) is 7.67. The van der Waals surface area contributed by atoms with Crippen LogP contribution in [0.5, 0.6) is 0 Å². The first-order valence-corrected chi connectivity index (χ1v) is 14.8. The molecular formula is C34H44N6O3. The zero-order valence-corrected chi connectivity index (χ0v) is 25.5. The minimum absolute atomic E-state index is 0.0143. The van der Waals surface area contributed by atoms with Crippen LogP contribution in [-0.4, -0.2) is 62.2 Å². The SMILES string of the molecule is C#C/C=C\C=N/CNC(=O)Cc1cc(NC(=O)CN(Cc2ccccc2CNC)C(=O)C2(C)CCNCC2)ccc1CC. The number of hydrogen-bond acceptors (Lipinski definition) is 6. The van der Waals surface area contributed by atoms with Gasteiger partial charge in [0.2, 0.25) is 17.7 Å². The Bertz CT molecular complexity index is 1350. The molecule has 1 fully saturated rings. The number of nitrogens with one attached hydrogen (secondary N) is 4. The van der Waals surface area contributed by atoms with Gasteiger partial charge in [-0.1, -0.05) is 50.1 Å².